The zero-order valence-electron chi connectivity index (χ0n) is 7.29. The maximum absolute atomic E-state index is 9.37. The number of hydrogen-bond acceptors (Lipinski definition) is 1. The Labute approximate surface area is 69.0 Å². The maximum Gasteiger partial charge on any atom is 0.0540 e. The largest absolute Gasteiger partial charge is 0.393 e. The minimum atomic E-state index is -0.0895. The van der Waals surface area contributed by atoms with Crippen LogP contribution in [0.15, 0.2) is 0 Å². The molecule has 0 amide bonds. The first kappa shape index (κ1) is 9.01. The lowest BCUT2D eigenvalue weighted by atomic mass is 9.93. The van der Waals surface area contributed by atoms with Crippen molar-refractivity contribution >= 4 is 0 Å². The minimum Gasteiger partial charge on any atom is -0.393 e. The van der Waals surface area contributed by atoms with Crippen LogP contribution >= 0.6 is 0 Å². The summed E-state index contributed by atoms with van der Waals surface area (Å²) < 4.78 is 0. The van der Waals surface area contributed by atoms with Crippen LogP contribution in [-0.2, 0) is 0 Å². The summed E-state index contributed by atoms with van der Waals surface area (Å²) in [7, 11) is 0. The Morgan fingerprint density at radius 3 is 3.00 bits per heavy atom. The predicted octanol–water partition coefficient (Wildman–Crippen LogP) is 1.16. The Morgan fingerprint density at radius 2 is 2.45 bits per heavy atom. The average molecular weight is 156 g/mol. The second-order valence-corrected chi connectivity index (χ2v) is 3.44. The summed E-state index contributed by atoms with van der Waals surface area (Å²) in [5.41, 5.74) is 0. The van der Waals surface area contributed by atoms with Gasteiger partial charge in [0, 0.05) is 13.1 Å². The third-order valence-corrected chi connectivity index (χ3v) is 2.39. The first-order chi connectivity index (χ1) is 5.33. The van der Waals surface area contributed by atoms with Crippen LogP contribution in [0.1, 0.15) is 32.6 Å². The molecule has 1 fully saturated rings. The van der Waals surface area contributed by atoms with Gasteiger partial charge in [-0.1, -0.05) is 6.92 Å². The second-order valence-electron chi connectivity index (χ2n) is 3.44. The van der Waals surface area contributed by atoms with E-state index < -0.39 is 0 Å². The molecule has 1 aliphatic rings. The molecule has 0 aliphatic carbocycles. The topological polar surface area (TPSA) is 34.3 Å². The standard InChI is InChI=1S/C9H18NO/c1-2-9(11)6-8-4-3-5-10-7-8/h8-9,11H,2-7H2,1H3. The summed E-state index contributed by atoms with van der Waals surface area (Å²) in [5.74, 6) is 0.665. The Kier molecular flexibility index (Phi) is 3.87. The van der Waals surface area contributed by atoms with Crippen molar-refractivity contribution in [2.45, 2.75) is 38.7 Å². The van der Waals surface area contributed by atoms with Crippen molar-refractivity contribution in [1.29, 1.82) is 0 Å². The summed E-state index contributed by atoms with van der Waals surface area (Å²) in [4.78, 5) is 0. The van der Waals surface area contributed by atoms with Crippen molar-refractivity contribution in [3.05, 3.63) is 0 Å². The predicted molar refractivity (Wildman–Crippen MR) is 45.5 cm³/mol. The van der Waals surface area contributed by atoms with Gasteiger partial charge in [0.1, 0.15) is 0 Å². The van der Waals surface area contributed by atoms with Crippen molar-refractivity contribution in [2.24, 2.45) is 5.92 Å². The Morgan fingerprint density at radius 1 is 1.64 bits per heavy atom. The molecule has 2 heteroatoms. The fourth-order valence-electron chi connectivity index (χ4n) is 1.60. The van der Waals surface area contributed by atoms with Crippen LogP contribution in [0.25, 0.3) is 0 Å². The van der Waals surface area contributed by atoms with Gasteiger partial charge in [-0.05, 0) is 31.6 Å². The molecule has 1 saturated heterocycles. The minimum absolute atomic E-state index is 0.0895. The fraction of sp³-hybridized carbons (Fsp3) is 1.00. The number of piperidine rings is 1. The zero-order valence-corrected chi connectivity index (χ0v) is 7.29. The van der Waals surface area contributed by atoms with Crippen LogP contribution in [0.5, 0.6) is 0 Å². The van der Waals surface area contributed by atoms with E-state index in [1.165, 1.54) is 12.8 Å². The van der Waals surface area contributed by atoms with Gasteiger partial charge in [0.05, 0.1) is 6.10 Å². The van der Waals surface area contributed by atoms with E-state index >= 15 is 0 Å². The highest BCUT2D eigenvalue weighted by Gasteiger charge is 2.16. The van der Waals surface area contributed by atoms with Crippen molar-refractivity contribution in [3.8, 4) is 0 Å². The molecule has 0 aromatic heterocycles. The number of rotatable bonds is 3. The second kappa shape index (κ2) is 4.73. The van der Waals surface area contributed by atoms with Gasteiger partial charge in [-0.2, -0.15) is 0 Å². The van der Waals surface area contributed by atoms with E-state index in [-0.39, 0.29) is 6.10 Å². The smallest absolute Gasteiger partial charge is 0.0540 e. The molecule has 1 aliphatic heterocycles. The van der Waals surface area contributed by atoms with Gasteiger partial charge in [0.15, 0.2) is 0 Å². The van der Waals surface area contributed by atoms with Gasteiger partial charge in [-0.15, -0.1) is 0 Å². The molecule has 0 saturated carbocycles. The molecule has 11 heavy (non-hydrogen) atoms. The highest BCUT2D eigenvalue weighted by Crippen LogP contribution is 2.17. The van der Waals surface area contributed by atoms with Crippen LogP contribution in [0.4, 0.5) is 0 Å². The Bertz CT molecular complexity index is 99.7. The van der Waals surface area contributed by atoms with Crippen LogP contribution < -0.4 is 5.32 Å². The lowest BCUT2D eigenvalue weighted by Gasteiger charge is -2.23. The molecule has 1 N–H and O–H groups in total. The SMILES string of the molecule is CCC(O)CC1CCC[N]C1. The molecule has 65 valence electrons. The quantitative estimate of drug-likeness (QED) is 0.653. The number of nitrogens with zero attached hydrogens (tertiary/aromatic N) is 1. The van der Waals surface area contributed by atoms with Gasteiger partial charge in [-0.3, -0.25) is 0 Å². The summed E-state index contributed by atoms with van der Waals surface area (Å²) in [6.45, 7) is 4.06. The maximum atomic E-state index is 9.37. The van der Waals surface area contributed by atoms with Crippen molar-refractivity contribution in [2.75, 3.05) is 13.1 Å². The highest BCUT2D eigenvalue weighted by molar-refractivity contribution is 4.71. The normalized spacial score (nSPS) is 28.4. The summed E-state index contributed by atoms with van der Waals surface area (Å²) in [6.07, 6.45) is 4.24. The first-order valence-electron chi connectivity index (χ1n) is 4.64. The molecule has 0 spiro atoms. The number of aliphatic hydroxyl groups excluding tert-OH is 1. The van der Waals surface area contributed by atoms with Gasteiger partial charge in [0.25, 0.3) is 0 Å². The molecule has 1 rings (SSSR count). The Hall–Kier alpha value is -0.0800. The van der Waals surface area contributed by atoms with E-state index in [0.717, 1.165) is 25.9 Å². The molecular formula is C9H18NO. The Balaban J connectivity index is 2.13. The summed E-state index contributed by atoms with van der Waals surface area (Å²) in [6, 6.07) is 0. The van der Waals surface area contributed by atoms with E-state index in [1.807, 2.05) is 6.92 Å². The summed E-state index contributed by atoms with van der Waals surface area (Å²) in [5, 5.41) is 13.7. The molecule has 0 aromatic carbocycles. The molecule has 0 bridgehead atoms. The fourth-order valence-corrected chi connectivity index (χ4v) is 1.60. The molecule has 1 radical (unpaired) electrons. The van der Waals surface area contributed by atoms with Gasteiger partial charge in [0.2, 0.25) is 0 Å². The average Bonchev–Trinajstić information content (AvgIpc) is 2.06. The summed E-state index contributed by atoms with van der Waals surface area (Å²) >= 11 is 0. The van der Waals surface area contributed by atoms with E-state index in [9.17, 15) is 5.11 Å². The van der Waals surface area contributed by atoms with Gasteiger partial charge >= 0.3 is 0 Å². The third-order valence-electron chi connectivity index (χ3n) is 2.39. The van der Waals surface area contributed by atoms with E-state index in [2.05, 4.69) is 5.32 Å². The molecule has 0 aromatic rings. The first-order valence-corrected chi connectivity index (χ1v) is 4.64. The molecule has 2 nitrogen and oxygen atoms in total. The van der Waals surface area contributed by atoms with Crippen LogP contribution in [0.2, 0.25) is 0 Å². The van der Waals surface area contributed by atoms with E-state index in [4.69, 9.17) is 0 Å². The van der Waals surface area contributed by atoms with Crippen molar-refractivity contribution < 1.29 is 5.11 Å². The number of hydrogen-bond donors (Lipinski definition) is 1. The van der Waals surface area contributed by atoms with E-state index in [1.54, 1.807) is 0 Å². The molecule has 2 atom stereocenters. The van der Waals surface area contributed by atoms with Gasteiger partial charge < -0.3 is 5.11 Å². The van der Waals surface area contributed by atoms with Crippen LogP contribution in [0, 0.1) is 5.92 Å². The van der Waals surface area contributed by atoms with Crippen molar-refractivity contribution in [3.63, 3.8) is 0 Å². The highest BCUT2D eigenvalue weighted by atomic mass is 16.3. The lowest BCUT2D eigenvalue weighted by molar-refractivity contribution is 0.129. The molecule has 2 unspecified atom stereocenters. The van der Waals surface area contributed by atoms with Crippen molar-refractivity contribution in [1.82, 2.24) is 5.32 Å². The van der Waals surface area contributed by atoms with Gasteiger partial charge in [-0.25, -0.2) is 5.32 Å². The number of aliphatic hydroxyl groups is 1. The van der Waals surface area contributed by atoms with Crippen LogP contribution in [-0.4, -0.2) is 24.3 Å². The van der Waals surface area contributed by atoms with Crippen LogP contribution in [0.3, 0.4) is 0 Å². The lowest BCUT2D eigenvalue weighted by Crippen LogP contribution is -2.27. The molecule has 1 heterocycles. The zero-order chi connectivity index (χ0) is 8.10. The molecular weight excluding hydrogens is 138 g/mol. The monoisotopic (exact) mass is 156 g/mol. The third kappa shape index (κ3) is 3.21. The van der Waals surface area contributed by atoms with E-state index in [0.29, 0.717) is 5.92 Å².